The maximum Gasteiger partial charge on any atom is 0.225 e. The minimum absolute atomic E-state index is 0.320. The Morgan fingerprint density at radius 1 is 1.00 bits per heavy atom. The van der Waals surface area contributed by atoms with Crippen LogP contribution >= 0.6 is 0 Å². The molecular weight excluding hydrogens is 280 g/mol. The number of hydrogen-bond donors (Lipinski definition) is 0. The zero-order chi connectivity index (χ0) is 14.9. The van der Waals surface area contributed by atoms with Gasteiger partial charge in [0.25, 0.3) is 0 Å². The standard InChI is InChI=1S/C17H22N2O3/c20-17(13-2-3-13)19-7-1-6-18(8-9-19)14-4-5-15-16(12-14)22-11-10-21-15/h4-5,12-13H,1-3,6-11H2. The van der Waals surface area contributed by atoms with Crippen LogP contribution in [0.4, 0.5) is 5.69 Å². The van der Waals surface area contributed by atoms with Gasteiger partial charge in [0.15, 0.2) is 11.5 Å². The third kappa shape index (κ3) is 2.72. The molecule has 118 valence electrons. The van der Waals surface area contributed by atoms with Gasteiger partial charge >= 0.3 is 0 Å². The topological polar surface area (TPSA) is 42.0 Å². The second-order valence-electron chi connectivity index (χ2n) is 6.27. The Kier molecular flexibility index (Phi) is 3.56. The number of ether oxygens (including phenoxy) is 2. The predicted molar refractivity (Wildman–Crippen MR) is 83.6 cm³/mol. The van der Waals surface area contributed by atoms with Gasteiger partial charge in [-0.25, -0.2) is 0 Å². The van der Waals surface area contributed by atoms with E-state index in [-0.39, 0.29) is 0 Å². The van der Waals surface area contributed by atoms with Crippen molar-refractivity contribution in [3.8, 4) is 11.5 Å². The van der Waals surface area contributed by atoms with E-state index in [4.69, 9.17) is 9.47 Å². The fourth-order valence-corrected chi connectivity index (χ4v) is 3.21. The summed E-state index contributed by atoms with van der Waals surface area (Å²) >= 11 is 0. The lowest BCUT2D eigenvalue weighted by atomic mass is 10.2. The second kappa shape index (κ2) is 5.71. The van der Waals surface area contributed by atoms with E-state index in [9.17, 15) is 4.79 Å². The molecule has 1 saturated carbocycles. The van der Waals surface area contributed by atoms with Crippen LogP contribution in [-0.4, -0.2) is 50.2 Å². The molecule has 0 aromatic heterocycles. The van der Waals surface area contributed by atoms with E-state index < -0.39 is 0 Å². The number of hydrogen-bond acceptors (Lipinski definition) is 4. The van der Waals surface area contributed by atoms with Gasteiger partial charge in [0.2, 0.25) is 5.91 Å². The summed E-state index contributed by atoms with van der Waals surface area (Å²) in [7, 11) is 0. The lowest BCUT2D eigenvalue weighted by Gasteiger charge is -2.26. The monoisotopic (exact) mass is 302 g/mol. The molecule has 1 aromatic rings. The zero-order valence-corrected chi connectivity index (χ0v) is 12.8. The van der Waals surface area contributed by atoms with Crippen LogP contribution in [0.15, 0.2) is 18.2 Å². The van der Waals surface area contributed by atoms with Crippen molar-refractivity contribution in [2.75, 3.05) is 44.3 Å². The molecule has 1 amide bonds. The molecule has 2 aliphatic heterocycles. The molecule has 1 aliphatic carbocycles. The largest absolute Gasteiger partial charge is 0.486 e. The molecule has 0 N–H and O–H groups in total. The van der Waals surface area contributed by atoms with Crippen LogP contribution in [0.3, 0.4) is 0 Å². The van der Waals surface area contributed by atoms with E-state index in [1.165, 1.54) is 0 Å². The molecule has 0 spiro atoms. The highest BCUT2D eigenvalue weighted by molar-refractivity contribution is 5.81. The molecule has 0 atom stereocenters. The Hall–Kier alpha value is -1.91. The molecule has 5 heteroatoms. The fourth-order valence-electron chi connectivity index (χ4n) is 3.21. The predicted octanol–water partition coefficient (Wildman–Crippen LogP) is 1.91. The Bertz CT molecular complexity index is 571. The molecule has 2 heterocycles. The smallest absolute Gasteiger partial charge is 0.225 e. The third-order valence-corrected chi connectivity index (χ3v) is 4.63. The minimum atomic E-state index is 0.320. The van der Waals surface area contributed by atoms with Crippen LogP contribution in [-0.2, 0) is 4.79 Å². The zero-order valence-electron chi connectivity index (χ0n) is 12.8. The van der Waals surface area contributed by atoms with Crippen molar-refractivity contribution < 1.29 is 14.3 Å². The first kappa shape index (κ1) is 13.7. The van der Waals surface area contributed by atoms with Crippen molar-refractivity contribution >= 4 is 11.6 Å². The van der Waals surface area contributed by atoms with Gasteiger partial charge in [-0.2, -0.15) is 0 Å². The average Bonchev–Trinajstić information content (AvgIpc) is 3.40. The lowest BCUT2D eigenvalue weighted by Crippen LogP contribution is -2.36. The van der Waals surface area contributed by atoms with Crippen molar-refractivity contribution in [2.45, 2.75) is 19.3 Å². The molecule has 0 bridgehead atoms. The molecule has 2 fully saturated rings. The van der Waals surface area contributed by atoms with Gasteiger partial charge in [0, 0.05) is 43.9 Å². The number of carbonyl (C=O) groups excluding carboxylic acids is 1. The quantitative estimate of drug-likeness (QED) is 0.837. The van der Waals surface area contributed by atoms with Crippen molar-refractivity contribution in [2.24, 2.45) is 5.92 Å². The number of nitrogens with zero attached hydrogens (tertiary/aromatic N) is 2. The number of benzene rings is 1. The van der Waals surface area contributed by atoms with Gasteiger partial charge in [-0.15, -0.1) is 0 Å². The van der Waals surface area contributed by atoms with E-state index in [1.54, 1.807) is 0 Å². The van der Waals surface area contributed by atoms with Crippen molar-refractivity contribution in [3.63, 3.8) is 0 Å². The molecule has 0 radical (unpaired) electrons. The summed E-state index contributed by atoms with van der Waals surface area (Å²) < 4.78 is 11.2. The summed E-state index contributed by atoms with van der Waals surface area (Å²) in [5.41, 5.74) is 1.16. The van der Waals surface area contributed by atoms with Crippen LogP contribution in [0, 0.1) is 5.92 Å². The van der Waals surface area contributed by atoms with Crippen LogP contribution in [0.25, 0.3) is 0 Å². The number of anilines is 1. The van der Waals surface area contributed by atoms with Crippen molar-refractivity contribution in [1.29, 1.82) is 0 Å². The van der Waals surface area contributed by atoms with Gasteiger partial charge in [0.1, 0.15) is 13.2 Å². The SMILES string of the molecule is O=C(C1CC1)N1CCCN(c2ccc3c(c2)OCCO3)CC1. The molecule has 22 heavy (non-hydrogen) atoms. The average molecular weight is 302 g/mol. The minimum Gasteiger partial charge on any atom is -0.486 e. The van der Waals surface area contributed by atoms with Gasteiger partial charge in [-0.05, 0) is 31.4 Å². The van der Waals surface area contributed by atoms with Crippen LogP contribution in [0.1, 0.15) is 19.3 Å². The molecule has 3 aliphatic rings. The van der Waals surface area contributed by atoms with E-state index >= 15 is 0 Å². The van der Waals surface area contributed by atoms with E-state index in [1.807, 2.05) is 6.07 Å². The summed E-state index contributed by atoms with van der Waals surface area (Å²) in [5.74, 6) is 2.35. The summed E-state index contributed by atoms with van der Waals surface area (Å²) in [6.45, 7) is 4.81. The number of rotatable bonds is 2. The molecule has 1 saturated heterocycles. The molecular formula is C17H22N2O3. The number of fused-ring (bicyclic) bond motifs is 1. The van der Waals surface area contributed by atoms with Gasteiger partial charge in [-0.3, -0.25) is 4.79 Å². The highest BCUT2D eigenvalue weighted by atomic mass is 16.6. The third-order valence-electron chi connectivity index (χ3n) is 4.63. The summed E-state index contributed by atoms with van der Waals surface area (Å²) in [6.07, 6.45) is 3.19. The maximum absolute atomic E-state index is 12.2. The second-order valence-corrected chi connectivity index (χ2v) is 6.27. The van der Waals surface area contributed by atoms with Crippen molar-refractivity contribution in [1.82, 2.24) is 4.90 Å². The molecule has 1 aromatic carbocycles. The highest BCUT2D eigenvalue weighted by Crippen LogP contribution is 2.35. The summed E-state index contributed by atoms with van der Waals surface area (Å²) in [5, 5.41) is 0. The van der Waals surface area contributed by atoms with Gasteiger partial charge in [-0.1, -0.05) is 0 Å². The number of carbonyl (C=O) groups is 1. The molecule has 5 nitrogen and oxygen atoms in total. The first-order valence-corrected chi connectivity index (χ1v) is 8.25. The fraction of sp³-hybridized carbons (Fsp3) is 0.588. The summed E-state index contributed by atoms with van der Waals surface area (Å²) in [6, 6.07) is 6.14. The Morgan fingerprint density at radius 3 is 2.64 bits per heavy atom. The Morgan fingerprint density at radius 2 is 1.82 bits per heavy atom. The first-order valence-electron chi connectivity index (χ1n) is 8.25. The number of amides is 1. The van der Waals surface area contributed by atoms with Crippen molar-refractivity contribution in [3.05, 3.63) is 18.2 Å². The van der Waals surface area contributed by atoms with Gasteiger partial charge < -0.3 is 19.3 Å². The lowest BCUT2D eigenvalue weighted by molar-refractivity contribution is -0.132. The summed E-state index contributed by atoms with van der Waals surface area (Å²) in [4.78, 5) is 16.6. The molecule has 0 unspecified atom stereocenters. The first-order chi connectivity index (χ1) is 10.8. The van der Waals surface area contributed by atoms with E-state index in [0.717, 1.165) is 62.6 Å². The Labute approximate surface area is 130 Å². The van der Waals surface area contributed by atoms with E-state index in [2.05, 4.69) is 21.9 Å². The van der Waals surface area contributed by atoms with Crippen LogP contribution in [0.5, 0.6) is 11.5 Å². The van der Waals surface area contributed by atoms with Crippen LogP contribution in [0.2, 0.25) is 0 Å². The van der Waals surface area contributed by atoms with Gasteiger partial charge in [0.05, 0.1) is 0 Å². The highest BCUT2D eigenvalue weighted by Gasteiger charge is 2.34. The molecule has 4 rings (SSSR count). The van der Waals surface area contributed by atoms with E-state index in [0.29, 0.717) is 25.0 Å². The maximum atomic E-state index is 12.2. The van der Waals surface area contributed by atoms with Crippen LogP contribution < -0.4 is 14.4 Å². The normalized spacial score (nSPS) is 21.5. The Balaban J connectivity index is 1.45.